The van der Waals surface area contributed by atoms with Crippen LogP contribution in [0.1, 0.15) is 40.0 Å². The molecule has 0 aliphatic heterocycles. The van der Waals surface area contributed by atoms with E-state index in [1.165, 1.54) is 12.8 Å². The third-order valence-corrected chi connectivity index (χ3v) is 4.13. The van der Waals surface area contributed by atoms with Crippen LogP contribution in [0.3, 0.4) is 0 Å². The number of hydrogen-bond acceptors (Lipinski definition) is 2. The monoisotopic (exact) mass is 208 g/mol. The summed E-state index contributed by atoms with van der Waals surface area (Å²) in [5.74, 6) is 1.11. The molecule has 0 aromatic rings. The van der Waals surface area contributed by atoms with Crippen molar-refractivity contribution in [2.24, 2.45) is 17.3 Å². The van der Waals surface area contributed by atoms with Gasteiger partial charge in [0.1, 0.15) is 6.10 Å². The average molecular weight is 208 g/mol. The van der Waals surface area contributed by atoms with Crippen molar-refractivity contribution in [3.63, 3.8) is 0 Å². The van der Waals surface area contributed by atoms with Crippen LogP contribution in [-0.2, 0) is 9.53 Å². The fourth-order valence-electron chi connectivity index (χ4n) is 3.16. The maximum Gasteiger partial charge on any atom is 0.333 e. The molecule has 15 heavy (non-hydrogen) atoms. The molecule has 0 aromatic carbocycles. The molecule has 2 saturated carbocycles. The summed E-state index contributed by atoms with van der Waals surface area (Å²) in [6.07, 6.45) is 3.65. The highest BCUT2D eigenvalue weighted by atomic mass is 16.5. The van der Waals surface area contributed by atoms with Gasteiger partial charge >= 0.3 is 5.97 Å². The lowest BCUT2D eigenvalue weighted by Gasteiger charge is -2.33. The molecule has 2 bridgehead atoms. The van der Waals surface area contributed by atoms with E-state index in [1.807, 2.05) is 0 Å². The molecule has 0 N–H and O–H groups in total. The molecule has 0 amide bonds. The number of hydrogen-bond donors (Lipinski definition) is 0. The van der Waals surface area contributed by atoms with Gasteiger partial charge in [0.2, 0.25) is 0 Å². The van der Waals surface area contributed by atoms with Crippen LogP contribution in [0, 0.1) is 17.3 Å². The van der Waals surface area contributed by atoms with Crippen LogP contribution in [0.25, 0.3) is 0 Å². The van der Waals surface area contributed by atoms with E-state index in [2.05, 4.69) is 20.4 Å². The highest BCUT2D eigenvalue weighted by Gasteiger charge is 2.51. The lowest BCUT2D eigenvalue weighted by molar-refractivity contribution is -0.147. The first-order valence-corrected chi connectivity index (χ1v) is 5.76. The number of esters is 1. The van der Waals surface area contributed by atoms with Crippen molar-refractivity contribution >= 4 is 5.97 Å². The van der Waals surface area contributed by atoms with Crippen LogP contribution in [0.5, 0.6) is 0 Å². The Labute approximate surface area is 91.7 Å². The van der Waals surface area contributed by atoms with Crippen LogP contribution >= 0.6 is 0 Å². The van der Waals surface area contributed by atoms with Gasteiger partial charge in [0.15, 0.2) is 0 Å². The molecular weight excluding hydrogens is 188 g/mol. The van der Waals surface area contributed by atoms with Gasteiger partial charge in [-0.3, -0.25) is 0 Å². The predicted molar refractivity (Wildman–Crippen MR) is 59.3 cm³/mol. The second kappa shape index (κ2) is 3.36. The van der Waals surface area contributed by atoms with Gasteiger partial charge < -0.3 is 4.74 Å². The molecule has 2 aliphatic carbocycles. The third kappa shape index (κ3) is 1.82. The zero-order chi connectivity index (χ0) is 11.2. The summed E-state index contributed by atoms with van der Waals surface area (Å²) >= 11 is 0. The van der Waals surface area contributed by atoms with Crippen LogP contribution < -0.4 is 0 Å². The number of carbonyl (C=O) groups is 1. The van der Waals surface area contributed by atoms with E-state index in [0.717, 1.165) is 12.3 Å². The first-order chi connectivity index (χ1) is 6.90. The van der Waals surface area contributed by atoms with Gasteiger partial charge in [0.05, 0.1) is 0 Å². The van der Waals surface area contributed by atoms with Gasteiger partial charge in [-0.25, -0.2) is 4.79 Å². The molecule has 2 fully saturated rings. The first kappa shape index (κ1) is 10.7. The molecule has 2 aliphatic rings. The number of fused-ring (bicyclic) bond motifs is 2. The van der Waals surface area contributed by atoms with E-state index in [0.29, 0.717) is 16.9 Å². The molecule has 84 valence electrons. The van der Waals surface area contributed by atoms with Crippen molar-refractivity contribution in [1.82, 2.24) is 0 Å². The molecule has 0 saturated heterocycles. The van der Waals surface area contributed by atoms with E-state index in [9.17, 15) is 4.79 Å². The van der Waals surface area contributed by atoms with Crippen LogP contribution in [0.2, 0.25) is 0 Å². The second-order valence-electron chi connectivity index (χ2n) is 5.85. The average Bonchev–Trinajstić information content (AvgIpc) is 2.59. The van der Waals surface area contributed by atoms with E-state index in [-0.39, 0.29) is 12.1 Å². The quantitative estimate of drug-likeness (QED) is 0.515. The number of carbonyl (C=O) groups excluding carboxylic acids is 1. The number of rotatable bonds is 2. The minimum Gasteiger partial charge on any atom is -0.459 e. The van der Waals surface area contributed by atoms with Crippen LogP contribution in [0.4, 0.5) is 0 Å². The van der Waals surface area contributed by atoms with Gasteiger partial charge in [-0.1, -0.05) is 20.4 Å². The molecule has 2 heteroatoms. The Hall–Kier alpha value is -0.790. The molecule has 2 rings (SSSR count). The maximum absolute atomic E-state index is 11.4. The maximum atomic E-state index is 11.4. The molecule has 0 spiro atoms. The topological polar surface area (TPSA) is 26.3 Å². The minimum atomic E-state index is -0.217. The van der Waals surface area contributed by atoms with Crippen molar-refractivity contribution in [2.45, 2.75) is 46.1 Å². The van der Waals surface area contributed by atoms with Gasteiger partial charge in [-0.2, -0.15) is 0 Å². The standard InChI is InChI=1S/C13H20O2/c1-8(2)12(14)15-11-6-10-5-9(11)7-13(10,3)4/h9-11H,1,5-7H2,2-4H3. The van der Waals surface area contributed by atoms with E-state index in [1.54, 1.807) is 6.92 Å². The zero-order valence-electron chi connectivity index (χ0n) is 9.88. The highest BCUT2D eigenvalue weighted by Crippen LogP contribution is 2.56. The molecular formula is C13H20O2. The Morgan fingerprint density at radius 2 is 2.07 bits per heavy atom. The van der Waals surface area contributed by atoms with E-state index < -0.39 is 0 Å². The summed E-state index contributed by atoms with van der Waals surface area (Å²) < 4.78 is 5.46. The molecule has 0 radical (unpaired) electrons. The zero-order valence-corrected chi connectivity index (χ0v) is 9.88. The van der Waals surface area contributed by atoms with Crippen molar-refractivity contribution in [3.8, 4) is 0 Å². The Bertz CT molecular complexity index is 304. The summed E-state index contributed by atoms with van der Waals surface area (Å²) in [5, 5.41) is 0. The summed E-state index contributed by atoms with van der Waals surface area (Å²) in [4.78, 5) is 11.4. The van der Waals surface area contributed by atoms with Crippen molar-refractivity contribution in [1.29, 1.82) is 0 Å². The lowest BCUT2D eigenvalue weighted by Crippen LogP contribution is -2.31. The SMILES string of the molecule is C=C(C)C(=O)OC1CC2CC1CC2(C)C. The fourth-order valence-corrected chi connectivity index (χ4v) is 3.16. The smallest absolute Gasteiger partial charge is 0.333 e. The third-order valence-electron chi connectivity index (χ3n) is 4.13. The van der Waals surface area contributed by atoms with Gasteiger partial charge in [-0.15, -0.1) is 0 Å². The predicted octanol–water partition coefficient (Wildman–Crippen LogP) is 2.93. The minimum absolute atomic E-state index is 0.159. The largest absolute Gasteiger partial charge is 0.459 e. The van der Waals surface area contributed by atoms with E-state index in [4.69, 9.17) is 4.74 Å². The lowest BCUT2D eigenvalue weighted by atomic mass is 9.76. The molecule has 2 nitrogen and oxygen atoms in total. The highest BCUT2D eigenvalue weighted by molar-refractivity contribution is 5.87. The Kier molecular flexibility index (Phi) is 2.40. The van der Waals surface area contributed by atoms with Crippen molar-refractivity contribution in [2.75, 3.05) is 0 Å². The molecule has 0 heterocycles. The van der Waals surface area contributed by atoms with Gasteiger partial charge in [0, 0.05) is 5.57 Å². The van der Waals surface area contributed by atoms with Crippen LogP contribution in [0.15, 0.2) is 12.2 Å². The van der Waals surface area contributed by atoms with E-state index >= 15 is 0 Å². The van der Waals surface area contributed by atoms with Crippen molar-refractivity contribution < 1.29 is 9.53 Å². The van der Waals surface area contributed by atoms with Crippen LogP contribution in [-0.4, -0.2) is 12.1 Å². The van der Waals surface area contributed by atoms with Gasteiger partial charge in [0.25, 0.3) is 0 Å². The second-order valence-corrected chi connectivity index (χ2v) is 5.85. The van der Waals surface area contributed by atoms with Gasteiger partial charge in [-0.05, 0) is 43.4 Å². The van der Waals surface area contributed by atoms with Crippen molar-refractivity contribution in [3.05, 3.63) is 12.2 Å². The molecule has 0 aromatic heterocycles. The molecule has 3 unspecified atom stereocenters. The summed E-state index contributed by atoms with van der Waals surface area (Å²) in [5.41, 5.74) is 0.966. The first-order valence-electron chi connectivity index (χ1n) is 5.76. The normalized spacial score (nSPS) is 36.6. The fraction of sp³-hybridized carbons (Fsp3) is 0.769. The summed E-state index contributed by atoms with van der Waals surface area (Å²) in [6, 6.07) is 0. The Morgan fingerprint density at radius 3 is 2.47 bits per heavy atom. The molecule has 3 atom stereocenters. The Balaban J connectivity index is 1.95. The summed E-state index contributed by atoms with van der Waals surface area (Å²) in [7, 11) is 0. The number of ether oxygens (including phenoxy) is 1. The summed E-state index contributed by atoms with van der Waals surface area (Å²) in [6.45, 7) is 9.98. The Morgan fingerprint density at radius 1 is 1.40 bits per heavy atom.